The molecule has 0 atom stereocenters. The van der Waals surface area contributed by atoms with Gasteiger partial charge >= 0.3 is 0 Å². The summed E-state index contributed by atoms with van der Waals surface area (Å²) in [4.78, 5) is 1.58. The molecular formula is C15H20S. The van der Waals surface area contributed by atoms with Crippen LogP contribution in [0, 0.1) is 0 Å². The summed E-state index contributed by atoms with van der Waals surface area (Å²) in [5.41, 5.74) is 0. The van der Waals surface area contributed by atoms with E-state index in [1.165, 1.54) is 36.1 Å². The molecule has 0 radical (unpaired) electrons. The Labute approximate surface area is 102 Å². The third kappa shape index (κ3) is 2.91. The normalized spacial score (nSPS) is 21.8. The Hall–Kier alpha value is -0.690. The Bertz CT molecular complexity index is 457. The molecule has 0 N–H and O–H groups in total. The maximum atomic E-state index is 2.40. The van der Waals surface area contributed by atoms with E-state index in [-0.39, 0.29) is 0 Å². The minimum Gasteiger partial charge on any atom is -0.127 e. The molecule has 0 bridgehead atoms. The van der Waals surface area contributed by atoms with Crippen LogP contribution < -0.4 is 10.4 Å². The maximum Gasteiger partial charge on any atom is 0.00347 e. The van der Waals surface area contributed by atoms with Gasteiger partial charge in [-0.15, -0.1) is 11.8 Å². The third-order valence-corrected chi connectivity index (χ3v) is 4.04. The van der Waals surface area contributed by atoms with E-state index in [1.807, 2.05) is 11.8 Å². The van der Waals surface area contributed by atoms with Gasteiger partial charge in [0.25, 0.3) is 0 Å². The molecule has 1 aromatic carbocycles. The summed E-state index contributed by atoms with van der Waals surface area (Å²) in [6.45, 7) is 4.56. The Morgan fingerprint density at radius 1 is 1.12 bits per heavy atom. The standard InChI is InChI=1S/C15H20S/c1-12(2)16-15-11-5-3-4-8-13-9-6-7-10-14(13)15/h6-10,12H,3-5,11H2,1-2H3/b13-8-,15-14+. The van der Waals surface area contributed by atoms with E-state index in [9.17, 15) is 0 Å². The predicted molar refractivity (Wildman–Crippen MR) is 74.8 cm³/mol. The monoisotopic (exact) mass is 232 g/mol. The molecule has 0 saturated carbocycles. The van der Waals surface area contributed by atoms with Crippen molar-refractivity contribution in [1.82, 2.24) is 0 Å². The van der Waals surface area contributed by atoms with Crippen molar-refractivity contribution in [3.05, 3.63) is 34.7 Å². The smallest absolute Gasteiger partial charge is 0.00347 e. The molecule has 0 aliphatic heterocycles. The molecule has 0 spiro atoms. The van der Waals surface area contributed by atoms with Crippen LogP contribution in [0.25, 0.3) is 11.0 Å². The molecule has 1 aliphatic rings. The largest absolute Gasteiger partial charge is 0.127 e. The number of hydrogen-bond acceptors (Lipinski definition) is 1. The van der Waals surface area contributed by atoms with E-state index in [2.05, 4.69) is 44.2 Å². The number of thioether (sulfide) groups is 1. The van der Waals surface area contributed by atoms with E-state index in [1.54, 1.807) is 4.91 Å². The Morgan fingerprint density at radius 3 is 2.75 bits per heavy atom. The van der Waals surface area contributed by atoms with Crippen LogP contribution in [0.1, 0.15) is 39.5 Å². The van der Waals surface area contributed by atoms with E-state index in [4.69, 9.17) is 0 Å². The molecule has 86 valence electrons. The first-order chi connectivity index (χ1) is 7.77. The van der Waals surface area contributed by atoms with Crippen LogP contribution in [-0.4, -0.2) is 5.25 Å². The lowest BCUT2D eigenvalue weighted by Gasteiger charge is -2.12. The SMILES string of the molecule is CC(C)S/C1=c2\cccc\c2=C\CCCC1. The van der Waals surface area contributed by atoms with Crippen molar-refractivity contribution >= 4 is 22.7 Å². The van der Waals surface area contributed by atoms with Gasteiger partial charge < -0.3 is 0 Å². The molecular weight excluding hydrogens is 212 g/mol. The first-order valence-electron chi connectivity index (χ1n) is 6.22. The van der Waals surface area contributed by atoms with Crippen molar-refractivity contribution in [2.24, 2.45) is 0 Å². The highest BCUT2D eigenvalue weighted by molar-refractivity contribution is 8.08. The van der Waals surface area contributed by atoms with E-state index in [0.29, 0.717) is 5.25 Å². The summed E-state index contributed by atoms with van der Waals surface area (Å²) >= 11 is 2.04. The van der Waals surface area contributed by atoms with Crippen LogP contribution in [-0.2, 0) is 0 Å². The molecule has 0 nitrogen and oxygen atoms in total. The topological polar surface area (TPSA) is 0 Å². The fraction of sp³-hybridized carbons (Fsp3) is 0.467. The van der Waals surface area contributed by atoms with Crippen LogP contribution in [0.5, 0.6) is 0 Å². The van der Waals surface area contributed by atoms with Gasteiger partial charge in [-0.3, -0.25) is 0 Å². The molecule has 0 amide bonds. The minimum absolute atomic E-state index is 0.683. The zero-order chi connectivity index (χ0) is 11.4. The predicted octanol–water partition coefficient (Wildman–Crippen LogP) is 3.29. The van der Waals surface area contributed by atoms with Crippen molar-refractivity contribution in [2.75, 3.05) is 0 Å². The van der Waals surface area contributed by atoms with Crippen molar-refractivity contribution in [2.45, 2.75) is 44.8 Å². The summed E-state index contributed by atoms with van der Waals surface area (Å²) in [6.07, 6.45) is 7.55. The molecule has 1 heteroatoms. The second-order valence-corrected chi connectivity index (χ2v) is 6.30. The molecule has 0 fully saturated rings. The van der Waals surface area contributed by atoms with E-state index >= 15 is 0 Å². The number of hydrogen-bond donors (Lipinski definition) is 0. The van der Waals surface area contributed by atoms with Gasteiger partial charge in [0.2, 0.25) is 0 Å². The number of benzene rings is 1. The Kier molecular flexibility index (Phi) is 4.11. The fourth-order valence-electron chi connectivity index (χ4n) is 2.16. The summed E-state index contributed by atoms with van der Waals surface area (Å²) < 4.78 is 0. The first-order valence-corrected chi connectivity index (χ1v) is 7.10. The highest BCUT2D eigenvalue weighted by atomic mass is 32.2. The molecule has 1 aliphatic carbocycles. The summed E-state index contributed by atoms with van der Waals surface area (Å²) in [7, 11) is 0. The van der Waals surface area contributed by atoms with Crippen molar-refractivity contribution < 1.29 is 0 Å². The Morgan fingerprint density at radius 2 is 1.94 bits per heavy atom. The van der Waals surface area contributed by atoms with Gasteiger partial charge in [0, 0.05) is 5.25 Å². The highest BCUT2D eigenvalue weighted by Crippen LogP contribution is 2.26. The maximum absolute atomic E-state index is 2.40. The average molecular weight is 232 g/mol. The van der Waals surface area contributed by atoms with Gasteiger partial charge in [0.1, 0.15) is 0 Å². The highest BCUT2D eigenvalue weighted by Gasteiger charge is 2.05. The number of rotatable bonds is 2. The first kappa shape index (κ1) is 11.8. The molecule has 16 heavy (non-hydrogen) atoms. The van der Waals surface area contributed by atoms with E-state index in [0.717, 1.165) is 0 Å². The van der Waals surface area contributed by atoms with Crippen LogP contribution >= 0.6 is 11.8 Å². The molecule has 1 aromatic rings. The Balaban J connectivity index is 2.56. The van der Waals surface area contributed by atoms with Gasteiger partial charge in [0.05, 0.1) is 0 Å². The van der Waals surface area contributed by atoms with Gasteiger partial charge in [0.15, 0.2) is 0 Å². The molecule has 0 saturated heterocycles. The fourth-order valence-corrected chi connectivity index (χ4v) is 3.30. The number of fused-ring (bicyclic) bond motifs is 1. The van der Waals surface area contributed by atoms with Crippen molar-refractivity contribution in [3.63, 3.8) is 0 Å². The summed E-state index contributed by atoms with van der Waals surface area (Å²) in [6, 6.07) is 8.84. The van der Waals surface area contributed by atoms with Crippen molar-refractivity contribution in [1.29, 1.82) is 0 Å². The zero-order valence-electron chi connectivity index (χ0n) is 10.2. The van der Waals surface area contributed by atoms with Crippen LogP contribution in [0.2, 0.25) is 0 Å². The summed E-state index contributed by atoms with van der Waals surface area (Å²) in [5.74, 6) is 0. The molecule has 0 unspecified atom stereocenters. The van der Waals surface area contributed by atoms with Gasteiger partial charge in [-0.25, -0.2) is 0 Å². The lowest BCUT2D eigenvalue weighted by molar-refractivity contribution is 0.784. The van der Waals surface area contributed by atoms with Crippen molar-refractivity contribution in [3.8, 4) is 0 Å². The van der Waals surface area contributed by atoms with Crippen LogP contribution in [0.3, 0.4) is 0 Å². The minimum atomic E-state index is 0.683. The molecule has 0 aromatic heterocycles. The quantitative estimate of drug-likeness (QED) is 0.754. The third-order valence-electron chi connectivity index (χ3n) is 2.86. The van der Waals surface area contributed by atoms with Gasteiger partial charge in [-0.1, -0.05) is 44.2 Å². The van der Waals surface area contributed by atoms with E-state index < -0.39 is 0 Å². The zero-order valence-corrected chi connectivity index (χ0v) is 11.0. The molecule has 2 rings (SSSR count). The summed E-state index contributed by atoms with van der Waals surface area (Å²) in [5, 5.41) is 3.59. The second kappa shape index (κ2) is 5.58. The van der Waals surface area contributed by atoms with Gasteiger partial charge in [-0.05, 0) is 41.0 Å². The lowest BCUT2D eigenvalue weighted by Crippen LogP contribution is -2.27. The van der Waals surface area contributed by atoms with Gasteiger partial charge in [-0.2, -0.15) is 0 Å². The van der Waals surface area contributed by atoms with Crippen LogP contribution in [0.4, 0.5) is 0 Å². The molecule has 0 heterocycles. The second-order valence-electron chi connectivity index (χ2n) is 4.63. The average Bonchev–Trinajstić information content (AvgIpc) is 2.24. The van der Waals surface area contributed by atoms with Crippen LogP contribution in [0.15, 0.2) is 24.3 Å². The lowest BCUT2D eigenvalue weighted by atomic mass is 10.1.